The predicted octanol–water partition coefficient (Wildman–Crippen LogP) is 0.377. The lowest BCUT2D eigenvalue weighted by molar-refractivity contribution is 0.847. The molecular formula is C7H5N5. The third-order valence-electron chi connectivity index (χ3n) is 1.84. The van der Waals surface area contributed by atoms with E-state index in [1.54, 1.807) is 16.9 Å². The second-order valence-electron chi connectivity index (χ2n) is 2.52. The summed E-state index contributed by atoms with van der Waals surface area (Å²) in [6.45, 7) is 0. The van der Waals surface area contributed by atoms with Crippen molar-refractivity contribution in [1.82, 2.24) is 24.2 Å². The molecule has 0 radical (unpaired) electrons. The molecule has 12 heavy (non-hydrogen) atoms. The first-order chi connectivity index (χ1) is 5.95. The molecule has 3 aromatic heterocycles. The largest absolute Gasteiger partial charge is 0.304 e. The normalized spacial score (nSPS) is 11.3. The third-order valence-corrected chi connectivity index (χ3v) is 1.84. The lowest BCUT2D eigenvalue weighted by Crippen LogP contribution is -1.91. The van der Waals surface area contributed by atoms with Gasteiger partial charge in [-0.2, -0.15) is 0 Å². The molecule has 3 heterocycles. The molecule has 0 spiro atoms. The SMILES string of the molecule is c1cn2ccn3nncc3c2n1. The molecule has 0 N–H and O–H groups in total. The molecule has 0 aliphatic heterocycles. The summed E-state index contributed by atoms with van der Waals surface area (Å²) in [5.41, 5.74) is 1.80. The monoisotopic (exact) mass is 159 g/mol. The summed E-state index contributed by atoms with van der Waals surface area (Å²) in [4.78, 5) is 4.18. The van der Waals surface area contributed by atoms with Gasteiger partial charge in [0, 0.05) is 24.8 Å². The fourth-order valence-electron chi connectivity index (χ4n) is 1.28. The zero-order chi connectivity index (χ0) is 7.97. The second kappa shape index (κ2) is 1.82. The van der Waals surface area contributed by atoms with Crippen molar-refractivity contribution in [2.75, 3.05) is 0 Å². The van der Waals surface area contributed by atoms with Gasteiger partial charge < -0.3 is 4.40 Å². The first-order valence-corrected chi connectivity index (χ1v) is 3.57. The first-order valence-electron chi connectivity index (χ1n) is 3.57. The summed E-state index contributed by atoms with van der Waals surface area (Å²) in [6.07, 6.45) is 9.08. The maximum absolute atomic E-state index is 4.18. The van der Waals surface area contributed by atoms with Gasteiger partial charge in [-0.25, -0.2) is 9.50 Å². The van der Waals surface area contributed by atoms with Crippen molar-refractivity contribution in [1.29, 1.82) is 0 Å². The Hall–Kier alpha value is -1.91. The summed E-state index contributed by atoms with van der Waals surface area (Å²) in [7, 11) is 0. The Morgan fingerprint density at radius 2 is 2.17 bits per heavy atom. The molecule has 0 aromatic carbocycles. The summed E-state index contributed by atoms with van der Waals surface area (Å²) < 4.78 is 3.63. The quantitative estimate of drug-likeness (QED) is 0.476. The number of fused-ring (bicyclic) bond motifs is 3. The van der Waals surface area contributed by atoms with Crippen LogP contribution < -0.4 is 0 Å². The molecule has 0 atom stereocenters. The van der Waals surface area contributed by atoms with Crippen LogP contribution in [-0.2, 0) is 0 Å². The molecule has 0 unspecified atom stereocenters. The van der Waals surface area contributed by atoms with E-state index in [4.69, 9.17) is 0 Å². The fourth-order valence-corrected chi connectivity index (χ4v) is 1.28. The fraction of sp³-hybridized carbons (Fsp3) is 0. The van der Waals surface area contributed by atoms with E-state index in [0.29, 0.717) is 0 Å². The average Bonchev–Trinajstić information content (AvgIpc) is 2.71. The standard InChI is InChI=1S/C7H5N5/c1-2-11-3-4-12-6(5-9-10-12)7(11)8-1/h1-5H. The van der Waals surface area contributed by atoms with Gasteiger partial charge in [-0.05, 0) is 0 Å². The number of hydrogen-bond donors (Lipinski definition) is 0. The Bertz CT molecular complexity index is 485. The molecule has 3 aromatic rings. The highest BCUT2D eigenvalue weighted by atomic mass is 15.4. The number of aromatic nitrogens is 5. The van der Waals surface area contributed by atoms with Gasteiger partial charge in [-0.3, -0.25) is 0 Å². The molecule has 0 amide bonds. The number of imidazole rings is 1. The highest BCUT2D eigenvalue weighted by Crippen LogP contribution is 2.07. The van der Waals surface area contributed by atoms with Crippen molar-refractivity contribution in [2.45, 2.75) is 0 Å². The van der Waals surface area contributed by atoms with Crippen molar-refractivity contribution in [2.24, 2.45) is 0 Å². The van der Waals surface area contributed by atoms with Gasteiger partial charge in [-0.1, -0.05) is 5.21 Å². The molecule has 0 fully saturated rings. The molecule has 0 saturated carbocycles. The third kappa shape index (κ3) is 0.554. The van der Waals surface area contributed by atoms with E-state index in [0.717, 1.165) is 11.2 Å². The van der Waals surface area contributed by atoms with E-state index in [9.17, 15) is 0 Å². The van der Waals surface area contributed by atoms with Gasteiger partial charge in [0.1, 0.15) is 5.52 Å². The zero-order valence-corrected chi connectivity index (χ0v) is 6.12. The Labute approximate surface area is 67.3 Å². The van der Waals surface area contributed by atoms with E-state index < -0.39 is 0 Å². The minimum Gasteiger partial charge on any atom is -0.304 e. The Kier molecular flexibility index (Phi) is 0.864. The zero-order valence-electron chi connectivity index (χ0n) is 6.12. The number of nitrogens with zero attached hydrogens (tertiary/aromatic N) is 5. The molecule has 0 aliphatic carbocycles. The molecule has 5 nitrogen and oxygen atoms in total. The van der Waals surface area contributed by atoms with Crippen molar-refractivity contribution >= 4 is 11.2 Å². The molecule has 0 aliphatic rings. The van der Waals surface area contributed by atoms with E-state index in [2.05, 4.69) is 15.3 Å². The smallest absolute Gasteiger partial charge is 0.164 e. The van der Waals surface area contributed by atoms with Crippen LogP contribution in [0, 0.1) is 0 Å². The lowest BCUT2D eigenvalue weighted by atomic mass is 10.5. The maximum Gasteiger partial charge on any atom is 0.164 e. The van der Waals surface area contributed by atoms with Gasteiger partial charge in [0.05, 0.1) is 6.20 Å². The van der Waals surface area contributed by atoms with Gasteiger partial charge in [-0.15, -0.1) is 5.10 Å². The lowest BCUT2D eigenvalue weighted by Gasteiger charge is -1.93. The van der Waals surface area contributed by atoms with Crippen LogP contribution in [0.1, 0.15) is 0 Å². The molecule has 3 rings (SSSR count). The van der Waals surface area contributed by atoms with E-state index in [1.165, 1.54) is 0 Å². The van der Waals surface area contributed by atoms with Gasteiger partial charge >= 0.3 is 0 Å². The molecule has 58 valence electrons. The van der Waals surface area contributed by atoms with Gasteiger partial charge in [0.15, 0.2) is 5.65 Å². The van der Waals surface area contributed by atoms with Crippen molar-refractivity contribution in [3.05, 3.63) is 31.0 Å². The Balaban J connectivity index is 2.71. The Morgan fingerprint density at radius 3 is 3.17 bits per heavy atom. The van der Waals surface area contributed by atoms with Gasteiger partial charge in [0.25, 0.3) is 0 Å². The van der Waals surface area contributed by atoms with Crippen LogP contribution >= 0.6 is 0 Å². The van der Waals surface area contributed by atoms with Crippen LogP contribution in [0.3, 0.4) is 0 Å². The minimum absolute atomic E-state index is 0.877. The van der Waals surface area contributed by atoms with Crippen LogP contribution in [-0.4, -0.2) is 24.2 Å². The van der Waals surface area contributed by atoms with Crippen molar-refractivity contribution < 1.29 is 0 Å². The Morgan fingerprint density at radius 1 is 1.17 bits per heavy atom. The summed E-state index contributed by atoms with van der Waals surface area (Å²) in [5, 5.41) is 7.65. The maximum atomic E-state index is 4.18. The molecular weight excluding hydrogens is 154 g/mol. The molecule has 0 saturated heterocycles. The van der Waals surface area contributed by atoms with E-state index >= 15 is 0 Å². The van der Waals surface area contributed by atoms with E-state index in [-0.39, 0.29) is 0 Å². The van der Waals surface area contributed by atoms with Crippen LogP contribution in [0.15, 0.2) is 31.0 Å². The highest BCUT2D eigenvalue weighted by molar-refractivity contribution is 5.68. The molecule has 0 bridgehead atoms. The summed E-state index contributed by atoms with van der Waals surface area (Å²) in [6, 6.07) is 0. The number of rotatable bonds is 0. The first kappa shape index (κ1) is 5.70. The number of hydrogen-bond acceptors (Lipinski definition) is 3. The highest BCUT2D eigenvalue weighted by Gasteiger charge is 2.00. The predicted molar refractivity (Wildman–Crippen MR) is 41.7 cm³/mol. The second-order valence-corrected chi connectivity index (χ2v) is 2.52. The van der Waals surface area contributed by atoms with Crippen LogP contribution in [0.5, 0.6) is 0 Å². The van der Waals surface area contributed by atoms with Crippen LogP contribution in [0.2, 0.25) is 0 Å². The molecule has 5 heteroatoms. The minimum atomic E-state index is 0.877. The van der Waals surface area contributed by atoms with Crippen LogP contribution in [0.25, 0.3) is 11.2 Å². The summed E-state index contributed by atoms with van der Waals surface area (Å²) in [5.74, 6) is 0. The average molecular weight is 159 g/mol. The van der Waals surface area contributed by atoms with Gasteiger partial charge in [0.2, 0.25) is 0 Å². The van der Waals surface area contributed by atoms with E-state index in [1.807, 2.05) is 23.0 Å². The summed E-state index contributed by atoms with van der Waals surface area (Å²) >= 11 is 0. The topological polar surface area (TPSA) is 47.5 Å². The van der Waals surface area contributed by atoms with Crippen molar-refractivity contribution in [3.63, 3.8) is 0 Å². The van der Waals surface area contributed by atoms with Crippen molar-refractivity contribution in [3.8, 4) is 0 Å². The van der Waals surface area contributed by atoms with Crippen LogP contribution in [0.4, 0.5) is 0 Å².